The summed E-state index contributed by atoms with van der Waals surface area (Å²) >= 11 is 5.59. The molecule has 0 bridgehead atoms. The summed E-state index contributed by atoms with van der Waals surface area (Å²) in [4.78, 5) is 0. The number of halogens is 1. The van der Waals surface area contributed by atoms with Crippen LogP contribution in [0.15, 0.2) is 22.7 Å². The lowest BCUT2D eigenvalue weighted by Gasteiger charge is -2.42. The number of benzene rings is 1. The molecular weight excluding hydrogens is 322 g/mol. The minimum atomic E-state index is 0.0191. The van der Waals surface area contributed by atoms with Crippen molar-refractivity contribution in [3.05, 3.63) is 28.2 Å². The normalized spacial score (nSPS) is 33.2. The Morgan fingerprint density at radius 2 is 2.37 bits per heavy atom. The number of hydrogen-bond acceptors (Lipinski definition) is 3. The Labute approximate surface area is 127 Å². The summed E-state index contributed by atoms with van der Waals surface area (Å²) in [6.07, 6.45) is 2.25. The van der Waals surface area contributed by atoms with Crippen LogP contribution in [-0.4, -0.2) is 23.1 Å². The number of rotatable bonds is 2. The molecule has 2 aliphatic heterocycles. The van der Waals surface area contributed by atoms with Crippen molar-refractivity contribution in [2.75, 3.05) is 12.3 Å². The smallest absolute Gasteiger partial charge is 0.126 e. The Morgan fingerprint density at radius 3 is 3.05 bits per heavy atom. The van der Waals surface area contributed by atoms with Gasteiger partial charge in [0.15, 0.2) is 0 Å². The summed E-state index contributed by atoms with van der Waals surface area (Å²) in [6, 6.07) is 6.84. The first-order chi connectivity index (χ1) is 9.14. The molecule has 2 nitrogen and oxygen atoms in total. The van der Waals surface area contributed by atoms with Gasteiger partial charge in [-0.15, -0.1) is 0 Å². The second-order valence-electron chi connectivity index (χ2n) is 5.43. The summed E-state index contributed by atoms with van der Waals surface area (Å²) in [6.45, 7) is 5.48. The largest absolute Gasteiger partial charge is 0.486 e. The average molecular weight is 342 g/mol. The van der Waals surface area contributed by atoms with E-state index in [0.29, 0.717) is 11.3 Å². The van der Waals surface area contributed by atoms with E-state index in [4.69, 9.17) is 4.74 Å². The molecule has 104 valence electrons. The molecule has 4 heteroatoms. The average Bonchev–Trinajstić information content (AvgIpc) is 2.70. The lowest BCUT2D eigenvalue weighted by atomic mass is 9.83. The van der Waals surface area contributed by atoms with E-state index >= 15 is 0 Å². The molecule has 1 fully saturated rings. The lowest BCUT2D eigenvalue weighted by Crippen LogP contribution is -2.47. The molecule has 0 radical (unpaired) electrons. The molecule has 3 rings (SSSR count). The van der Waals surface area contributed by atoms with Gasteiger partial charge in [0.05, 0.1) is 0 Å². The van der Waals surface area contributed by atoms with Gasteiger partial charge in [0, 0.05) is 27.7 Å². The summed E-state index contributed by atoms with van der Waals surface area (Å²) in [7, 11) is 0. The van der Waals surface area contributed by atoms with Crippen molar-refractivity contribution in [2.45, 2.75) is 43.6 Å². The van der Waals surface area contributed by atoms with Crippen LogP contribution in [0.25, 0.3) is 0 Å². The van der Waals surface area contributed by atoms with Crippen LogP contribution in [0.5, 0.6) is 5.75 Å². The molecule has 0 saturated carbocycles. The molecule has 3 unspecified atom stereocenters. The van der Waals surface area contributed by atoms with Crippen LogP contribution in [0.1, 0.15) is 38.3 Å². The molecule has 0 aliphatic carbocycles. The van der Waals surface area contributed by atoms with E-state index in [0.717, 1.165) is 29.6 Å². The molecule has 1 N–H and O–H groups in total. The van der Waals surface area contributed by atoms with E-state index in [9.17, 15) is 0 Å². The van der Waals surface area contributed by atoms with E-state index in [2.05, 4.69) is 53.3 Å². The number of hydrogen-bond donors (Lipinski definition) is 1. The van der Waals surface area contributed by atoms with Crippen molar-refractivity contribution in [2.24, 2.45) is 0 Å². The third-order valence-electron chi connectivity index (χ3n) is 4.30. The highest BCUT2D eigenvalue weighted by atomic mass is 79.9. The Hall–Kier alpha value is -0.190. The summed E-state index contributed by atoms with van der Waals surface area (Å²) in [5.74, 6) is 2.27. The van der Waals surface area contributed by atoms with Gasteiger partial charge < -0.3 is 10.1 Å². The molecule has 1 aromatic carbocycles. The fourth-order valence-electron chi connectivity index (χ4n) is 3.19. The van der Waals surface area contributed by atoms with Gasteiger partial charge >= 0.3 is 0 Å². The predicted molar refractivity (Wildman–Crippen MR) is 85.1 cm³/mol. The number of fused-ring (bicyclic) bond motifs is 1. The fraction of sp³-hybridized carbons (Fsp3) is 0.600. The molecule has 1 spiro atoms. The van der Waals surface area contributed by atoms with Crippen molar-refractivity contribution < 1.29 is 4.74 Å². The van der Waals surface area contributed by atoms with E-state index in [1.54, 1.807) is 0 Å². The van der Waals surface area contributed by atoms with Gasteiger partial charge in [-0.1, -0.05) is 28.9 Å². The molecule has 1 aromatic rings. The lowest BCUT2D eigenvalue weighted by molar-refractivity contribution is 0.0355. The monoisotopic (exact) mass is 341 g/mol. The van der Waals surface area contributed by atoms with Gasteiger partial charge in [0.25, 0.3) is 0 Å². The summed E-state index contributed by atoms with van der Waals surface area (Å²) in [5, 5.41) is 4.20. The quantitative estimate of drug-likeness (QED) is 0.873. The van der Waals surface area contributed by atoms with Crippen molar-refractivity contribution >= 4 is 27.7 Å². The molecule has 2 heterocycles. The summed E-state index contributed by atoms with van der Waals surface area (Å²) in [5.41, 5.74) is 1.32. The number of ether oxygens (including phenoxy) is 1. The van der Waals surface area contributed by atoms with Gasteiger partial charge in [-0.2, -0.15) is 11.8 Å². The molecule has 3 atom stereocenters. The first kappa shape index (κ1) is 13.8. The molecule has 1 saturated heterocycles. The Bertz CT molecular complexity index is 481. The van der Waals surface area contributed by atoms with Crippen LogP contribution in [0.4, 0.5) is 0 Å². The highest BCUT2D eigenvalue weighted by Gasteiger charge is 2.48. The van der Waals surface area contributed by atoms with Crippen molar-refractivity contribution in [1.82, 2.24) is 5.32 Å². The highest BCUT2D eigenvalue weighted by Crippen LogP contribution is 2.49. The number of nitrogens with one attached hydrogen (secondary N) is 1. The third-order valence-corrected chi connectivity index (χ3v) is 6.16. The van der Waals surface area contributed by atoms with Crippen LogP contribution in [0, 0.1) is 0 Å². The van der Waals surface area contributed by atoms with Gasteiger partial charge in [-0.3, -0.25) is 0 Å². The first-order valence-corrected chi connectivity index (χ1v) is 8.82. The molecular formula is C15H20BrNOS. The zero-order valence-electron chi connectivity index (χ0n) is 11.4. The second-order valence-corrected chi connectivity index (χ2v) is 7.79. The van der Waals surface area contributed by atoms with E-state index in [-0.39, 0.29) is 5.60 Å². The maximum atomic E-state index is 6.46. The first-order valence-electron chi connectivity index (χ1n) is 6.98. The third kappa shape index (κ3) is 2.43. The molecule has 2 aliphatic rings. The van der Waals surface area contributed by atoms with E-state index < -0.39 is 0 Å². The van der Waals surface area contributed by atoms with Gasteiger partial charge in [-0.25, -0.2) is 0 Å². The van der Waals surface area contributed by atoms with Crippen molar-refractivity contribution in [1.29, 1.82) is 0 Å². The second kappa shape index (κ2) is 5.30. The van der Waals surface area contributed by atoms with Crippen LogP contribution < -0.4 is 10.1 Å². The maximum Gasteiger partial charge on any atom is 0.126 e. The molecule has 0 amide bonds. The molecule has 0 aromatic heterocycles. The minimum Gasteiger partial charge on any atom is -0.486 e. The van der Waals surface area contributed by atoms with Crippen LogP contribution in [0.2, 0.25) is 0 Å². The maximum absolute atomic E-state index is 6.46. The van der Waals surface area contributed by atoms with Gasteiger partial charge in [-0.05, 0) is 37.8 Å². The summed E-state index contributed by atoms with van der Waals surface area (Å²) < 4.78 is 7.55. The Kier molecular flexibility index (Phi) is 3.84. The van der Waals surface area contributed by atoms with Crippen molar-refractivity contribution in [3.8, 4) is 5.75 Å². The van der Waals surface area contributed by atoms with Crippen LogP contribution >= 0.6 is 27.7 Å². The molecule has 19 heavy (non-hydrogen) atoms. The zero-order valence-corrected chi connectivity index (χ0v) is 13.8. The predicted octanol–water partition coefficient (Wildman–Crippen LogP) is 4.15. The topological polar surface area (TPSA) is 21.3 Å². The van der Waals surface area contributed by atoms with Crippen LogP contribution in [-0.2, 0) is 0 Å². The van der Waals surface area contributed by atoms with E-state index in [1.807, 2.05) is 11.8 Å². The number of thioether (sulfide) groups is 1. The van der Waals surface area contributed by atoms with Crippen LogP contribution in [0.3, 0.4) is 0 Å². The van der Waals surface area contributed by atoms with Gasteiger partial charge in [0.1, 0.15) is 11.4 Å². The Balaban J connectivity index is 2.00. The fourth-order valence-corrected chi connectivity index (χ4v) is 4.92. The van der Waals surface area contributed by atoms with E-state index in [1.165, 1.54) is 11.3 Å². The Morgan fingerprint density at radius 1 is 1.53 bits per heavy atom. The van der Waals surface area contributed by atoms with Crippen molar-refractivity contribution in [3.63, 3.8) is 0 Å². The van der Waals surface area contributed by atoms with Gasteiger partial charge in [0.2, 0.25) is 0 Å². The highest BCUT2D eigenvalue weighted by molar-refractivity contribution is 9.10. The zero-order chi connectivity index (χ0) is 13.5. The minimum absolute atomic E-state index is 0.0191. The SMILES string of the molecule is CCNC1CC2(CCSC2C)Oc2cc(Br)ccc21. The standard InChI is InChI=1S/C15H20BrNOS/c1-3-17-13-9-15(6-7-19-10(15)2)18-14-8-11(16)4-5-12(13)14/h4-5,8,10,13,17H,3,6-7,9H2,1-2H3.